The molecule has 4 heteroatoms. The van der Waals surface area contributed by atoms with Crippen LogP contribution in [0.25, 0.3) is 0 Å². The maximum atomic E-state index is 8.74. The molecule has 0 unspecified atom stereocenters. The number of nitrogens with one attached hydrogen (secondary N) is 1. The molecule has 4 nitrogen and oxygen atoms in total. The Morgan fingerprint density at radius 3 is 2.93 bits per heavy atom. The minimum atomic E-state index is 0.341. The lowest BCUT2D eigenvalue weighted by Crippen LogP contribution is -2.00. The molecule has 0 bridgehead atoms. The summed E-state index contributed by atoms with van der Waals surface area (Å²) in [6, 6.07) is 5.48. The van der Waals surface area contributed by atoms with E-state index >= 15 is 0 Å². The Morgan fingerprint density at radius 2 is 2.36 bits per heavy atom. The van der Waals surface area contributed by atoms with Crippen molar-refractivity contribution in [3.63, 3.8) is 0 Å². The molecule has 72 valence electrons. The highest BCUT2D eigenvalue weighted by Gasteiger charge is 2.23. The molecule has 0 saturated heterocycles. The Hall–Kier alpha value is -1.76. The van der Waals surface area contributed by atoms with Crippen molar-refractivity contribution >= 4 is 5.82 Å². The summed E-state index contributed by atoms with van der Waals surface area (Å²) in [6.07, 6.45) is 2.56. The predicted octanol–water partition coefficient (Wildman–Crippen LogP) is 1.54. The van der Waals surface area contributed by atoms with Crippen LogP contribution in [-0.4, -0.2) is 18.1 Å². The highest BCUT2D eigenvalue weighted by Crippen LogP contribution is 2.28. The molecular formula is C10H11N3O. The maximum absolute atomic E-state index is 8.74. The summed E-state index contributed by atoms with van der Waals surface area (Å²) in [4.78, 5) is 4.05. The summed E-state index contributed by atoms with van der Waals surface area (Å²) in [7, 11) is 1.77. The summed E-state index contributed by atoms with van der Waals surface area (Å²) < 4.78 is 5.58. The van der Waals surface area contributed by atoms with Crippen molar-refractivity contribution in [1.29, 1.82) is 5.26 Å². The first kappa shape index (κ1) is 8.82. The van der Waals surface area contributed by atoms with Gasteiger partial charge in [-0.05, 0) is 12.8 Å². The summed E-state index contributed by atoms with van der Waals surface area (Å²) in [6.45, 7) is 0. The second-order valence-electron chi connectivity index (χ2n) is 3.25. The van der Waals surface area contributed by atoms with Crippen molar-refractivity contribution in [2.24, 2.45) is 0 Å². The molecule has 1 aliphatic rings. The van der Waals surface area contributed by atoms with Crippen LogP contribution in [0.4, 0.5) is 5.82 Å². The van der Waals surface area contributed by atoms with Gasteiger partial charge in [-0.15, -0.1) is 0 Å². The molecule has 0 radical (unpaired) electrons. The molecule has 0 aliphatic heterocycles. The quantitative estimate of drug-likeness (QED) is 0.783. The third-order valence-electron chi connectivity index (χ3n) is 2.00. The van der Waals surface area contributed by atoms with Gasteiger partial charge >= 0.3 is 0 Å². The summed E-state index contributed by atoms with van der Waals surface area (Å²) in [5, 5.41) is 11.6. The van der Waals surface area contributed by atoms with Crippen molar-refractivity contribution in [3.8, 4) is 11.8 Å². The van der Waals surface area contributed by atoms with E-state index in [4.69, 9.17) is 10.00 Å². The average Bonchev–Trinajstić information content (AvgIpc) is 3.01. The molecule has 1 saturated carbocycles. The molecule has 14 heavy (non-hydrogen) atoms. The zero-order valence-corrected chi connectivity index (χ0v) is 7.95. The van der Waals surface area contributed by atoms with E-state index in [9.17, 15) is 0 Å². The molecule has 1 fully saturated rings. The van der Waals surface area contributed by atoms with Gasteiger partial charge in [-0.25, -0.2) is 4.98 Å². The Bertz CT molecular complexity index is 379. The topological polar surface area (TPSA) is 57.9 Å². The van der Waals surface area contributed by atoms with E-state index in [1.807, 2.05) is 6.07 Å². The number of hydrogen-bond acceptors (Lipinski definition) is 4. The van der Waals surface area contributed by atoms with E-state index < -0.39 is 0 Å². The third-order valence-corrected chi connectivity index (χ3v) is 2.00. The third kappa shape index (κ3) is 1.94. The Kier molecular flexibility index (Phi) is 2.23. The van der Waals surface area contributed by atoms with Crippen molar-refractivity contribution in [1.82, 2.24) is 4.98 Å². The van der Waals surface area contributed by atoms with Gasteiger partial charge in [0, 0.05) is 19.2 Å². The SMILES string of the molecule is CNc1cc(OC2CC2)cc(C#N)n1. The fourth-order valence-electron chi connectivity index (χ4n) is 1.14. The molecular weight excluding hydrogens is 178 g/mol. The van der Waals surface area contributed by atoms with Crippen LogP contribution in [0.3, 0.4) is 0 Å². The van der Waals surface area contributed by atoms with Crippen LogP contribution in [0.1, 0.15) is 18.5 Å². The average molecular weight is 189 g/mol. The van der Waals surface area contributed by atoms with Gasteiger partial charge in [0.1, 0.15) is 23.3 Å². The molecule has 1 N–H and O–H groups in total. The van der Waals surface area contributed by atoms with Crippen LogP contribution >= 0.6 is 0 Å². The highest BCUT2D eigenvalue weighted by atomic mass is 16.5. The summed E-state index contributed by atoms with van der Waals surface area (Å²) in [5.41, 5.74) is 0.382. The van der Waals surface area contributed by atoms with Crippen molar-refractivity contribution < 1.29 is 4.74 Å². The normalized spacial score (nSPS) is 14.6. The lowest BCUT2D eigenvalue weighted by molar-refractivity contribution is 0.303. The van der Waals surface area contributed by atoms with Crippen LogP contribution in [0.2, 0.25) is 0 Å². The standard InChI is InChI=1S/C10H11N3O/c1-12-10-5-9(14-8-2-3-8)4-7(6-11)13-10/h4-5,8H,2-3H2,1H3,(H,12,13). The van der Waals surface area contributed by atoms with Gasteiger partial charge < -0.3 is 10.1 Å². The fourth-order valence-corrected chi connectivity index (χ4v) is 1.14. The number of ether oxygens (including phenoxy) is 1. The second-order valence-corrected chi connectivity index (χ2v) is 3.25. The summed E-state index contributed by atoms with van der Waals surface area (Å²) in [5.74, 6) is 1.39. The minimum absolute atomic E-state index is 0.341. The van der Waals surface area contributed by atoms with Crippen molar-refractivity contribution in [2.45, 2.75) is 18.9 Å². The van der Waals surface area contributed by atoms with Crippen LogP contribution < -0.4 is 10.1 Å². The predicted molar refractivity (Wildman–Crippen MR) is 52.1 cm³/mol. The van der Waals surface area contributed by atoms with Gasteiger partial charge in [0.25, 0.3) is 0 Å². The van der Waals surface area contributed by atoms with Gasteiger partial charge in [-0.1, -0.05) is 0 Å². The van der Waals surface area contributed by atoms with Gasteiger partial charge in [-0.3, -0.25) is 0 Å². The fraction of sp³-hybridized carbons (Fsp3) is 0.400. The minimum Gasteiger partial charge on any atom is -0.490 e. The number of nitrogens with zero attached hydrogens (tertiary/aromatic N) is 2. The zero-order chi connectivity index (χ0) is 9.97. The second kappa shape index (κ2) is 3.54. The van der Waals surface area contributed by atoms with Crippen LogP contribution in [-0.2, 0) is 0 Å². The number of rotatable bonds is 3. The number of hydrogen-bond donors (Lipinski definition) is 1. The van der Waals surface area contributed by atoms with E-state index in [0.29, 0.717) is 17.6 Å². The molecule has 0 spiro atoms. The maximum Gasteiger partial charge on any atom is 0.146 e. The van der Waals surface area contributed by atoms with Crippen molar-refractivity contribution in [2.75, 3.05) is 12.4 Å². The zero-order valence-electron chi connectivity index (χ0n) is 7.95. The van der Waals surface area contributed by atoms with Gasteiger partial charge in [0.05, 0.1) is 6.10 Å². The Balaban J connectivity index is 2.24. The molecule has 2 rings (SSSR count). The lowest BCUT2D eigenvalue weighted by Gasteiger charge is -2.06. The largest absolute Gasteiger partial charge is 0.490 e. The molecule has 0 amide bonds. The van der Waals surface area contributed by atoms with E-state index in [1.165, 1.54) is 0 Å². The van der Waals surface area contributed by atoms with Crippen LogP contribution in [0.5, 0.6) is 5.75 Å². The summed E-state index contributed by atoms with van der Waals surface area (Å²) >= 11 is 0. The molecule has 0 aromatic carbocycles. The van der Waals surface area contributed by atoms with Gasteiger partial charge in [-0.2, -0.15) is 5.26 Å². The lowest BCUT2D eigenvalue weighted by atomic mass is 10.3. The molecule has 1 aliphatic carbocycles. The Morgan fingerprint density at radius 1 is 1.57 bits per heavy atom. The number of nitriles is 1. The molecule has 1 aromatic heterocycles. The smallest absolute Gasteiger partial charge is 0.146 e. The Labute approximate surface area is 82.5 Å². The first-order valence-corrected chi connectivity index (χ1v) is 4.58. The molecule has 0 atom stereocenters. The van der Waals surface area contributed by atoms with Crippen molar-refractivity contribution in [3.05, 3.63) is 17.8 Å². The monoisotopic (exact) mass is 189 g/mol. The first-order valence-electron chi connectivity index (χ1n) is 4.58. The number of anilines is 1. The first-order chi connectivity index (χ1) is 6.81. The highest BCUT2D eigenvalue weighted by molar-refractivity contribution is 5.45. The number of pyridine rings is 1. The van der Waals surface area contributed by atoms with Crippen LogP contribution in [0.15, 0.2) is 12.1 Å². The van der Waals surface area contributed by atoms with E-state index in [-0.39, 0.29) is 0 Å². The molecule has 1 heterocycles. The molecule has 1 aromatic rings. The van der Waals surface area contributed by atoms with Gasteiger partial charge in [0.2, 0.25) is 0 Å². The number of aromatic nitrogens is 1. The van der Waals surface area contributed by atoms with E-state index in [1.54, 1.807) is 19.2 Å². The van der Waals surface area contributed by atoms with Gasteiger partial charge in [0.15, 0.2) is 0 Å². The van der Waals surface area contributed by atoms with E-state index in [2.05, 4.69) is 10.3 Å². The van der Waals surface area contributed by atoms with E-state index in [0.717, 1.165) is 18.6 Å². The van der Waals surface area contributed by atoms with Crippen LogP contribution in [0, 0.1) is 11.3 Å².